The van der Waals surface area contributed by atoms with Crippen LogP contribution < -0.4 is 10.5 Å². The smallest absolute Gasteiger partial charge is 0.257 e. The second kappa shape index (κ2) is 6.17. The first-order chi connectivity index (χ1) is 8.86. The maximum atomic E-state index is 13.8. The molecule has 0 atom stereocenters. The number of rotatable bonds is 5. The lowest BCUT2D eigenvalue weighted by Crippen LogP contribution is -2.43. The van der Waals surface area contributed by atoms with E-state index in [1.54, 1.807) is 13.8 Å². The van der Waals surface area contributed by atoms with Crippen molar-refractivity contribution < 1.29 is 18.7 Å². The maximum Gasteiger partial charge on any atom is 0.257 e. The van der Waals surface area contributed by atoms with Crippen molar-refractivity contribution in [1.82, 2.24) is 4.90 Å². The first-order valence-corrected chi connectivity index (χ1v) is 5.79. The number of hydrogen-bond donors (Lipinski definition) is 1. The molecule has 1 aromatic rings. The largest absolute Gasteiger partial charge is 0.497 e. The van der Waals surface area contributed by atoms with E-state index >= 15 is 0 Å². The Morgan fingerprint density at radius 3 is 2.47 bits per heavy atom. The Bertz CT molecular complexity index is 489. The lowest BCUT2D eigenvalue weighted by Gasteiger charge is -2.25. The standard InChI is InChI=1S/C13H17FN2O3/c1-8(2)16(7-12(15)17)13(18)10-5-4-9(19-3)6-11(10)14/h4-6,8H,7H2,1-3H3,(H2,15,17). The summed E-state index contributed by atoms with van der Waals surface area (Å²) in [6.07, 6.45) is 0. The molecule has 0 saturated heterocycles. The summed E-state index contributed by atoms with van der Waals surface area (Å²) in [7, 11) is 1.41. The van der Waals surface area contributed by atoms with E-state index in [0.29, 0.717) is 5.75 Å². The highest BCUT2D eigenvalue weighted by atomic mass is 19.1. The summed E-state index contributed by atoms with van der Waals surface area (Å²) in [5, 5.41) is 0. The second-order valence-corrected chi connectivity index (χ2v) is 4.34. The van der Waals surface area contributed by atoms with Crippen LogP contribution in [0.3, 0.4) is 0 Å². The number of carbonyl (C=O) groups is 2. The minimum absolute atomic E-state index is 0.115. The Morgan fingerprint density at radius 1 is 1.42 bits per heavy atom. The zero-order valence-electron chi connectivity index (χ0n) is 11.1. The fourth-order valence-electron chi connectivity index (χ4n) is 1.61. The van der Waals surface area contributed by atoms with Gasteiger partial charge in [-0.05, 0) is 26.0 Å². The summed E-state index contributed by atoms with van der Waals surface area (Å²) < 4.78 is 18.7. The second-order valence-electron chi connectivity index (χ2n) is 4.34. The van der Waals surface area contributed by atoms with Crippen LogP contribution in [-0.4, -0.2) is 36.4 Å². The summed E-state index contributed by atoms with van der Waals surface area (Å²) in [6.45, 7) is 3.20. The van der Waals surface area contributed by atoms with E-state index in [9.17, 15) is 14.0 Å². The minimum Gasteiger partial charge on any atom is -0.497 e. The molecule has 0 bridgehead atoms. The van der Waals surface area contributed by atoms with Gasteiger partial charge in [0.1, 0.15) is 11.6 Å². The lowest BCUT2D eigenvalue weighted by molar-refractivity contribution is -0.119. The molecule has 0 aromatic heterocycles. The number of methoxy groups -OCH3 is 1. The van der Waals surface area contributed by atoms with E-state index in [4.69, 9.17) is 10.5 Å². The van der Waals surface area contributed by atoms with E-state index in [1.807, 2.05) is 0 Å². The SMILES string of the molecule is COc1ccc(C(=O)N(CC(N)=O)C(C)C)c(F)c1. The number of benzene rings is 1. The molecule has 104 valence electrons. The van der Waals surface area contributed by atoms with Crippen LogP contribution in [0, 0.1) is 5.82 Å². The molecule has 0 aliphatic carbocycles. The van der Waals surface area contributed by atoms with Crippen LogP contribution in [0.5, 0.6) is 5.75 Å². The van der Waals surface area contributed by atoms with Gasteiger partial charge >= 0.3 is 0 Å². The number of amides is 2. The van der Waals surface area contributed by atoms with Crippen molar-refractivity contribution in [3.8, 4) is 5.75 Å². The van der Waals surface area contributed by atoms with Gasteiger partial charge in [-0.2, -0.15) is 0 Å². The predicted molar refractivity (Wildman–Crippen MR) is 68.3 cm³/mol. The topological polar surface area (TPSA) is 72.6 Å². The van der Waals surface area contributed by atoms with Gasteiger partial charge in [0.2, 0.25) is 5.91 Å². The van der Waals surface area contributed by atoms with Gasteiger partial charge in [-0.15, -0.1) is 0 Å². The molecule has 0 fully saturated rings. The normalized spacial score (nSPS) is 10.4. The number of primary amides is 1. The van der Waals surface area contributed by atoms with E-state index < -0.39 is 17.6 Å². The number of halogens is 1. The van der Waals surface area contributed by atoms with Gasteiger partial charge in [-0.3, -0.25) is 9.59 Å². The zero-order valence-corrected chi connectivity index (χ0v) is 11.1. The highest BCUT2D eigenvalue weighted by Crippen LogP contribution is 2.18. The van der Waals surface area contributed by atoms with Gasteiger partial charge in [0.15, 0.2) is 0 Å². The van der Waals surface area contributed by atoms with Crippen molar-refractivity contribution in [3.05, 3.63) is 29.6 Å². The van der Waals surface area contributed by atoms with Crippen LogP contribution in [0.1, 0.15) is 24.2 Å². The molecule has 1 rings (SSSR count). The van der Waals surface area contributed by atoms with E-state index in [0.717, 1.165) is 6.07 Å². The fraction of sp³-hybridized carbons (Fsp3) is 0.385. The van der Waals surface area contributed by atoms with Gasteiger partial charge in [-0.25, -0.2) is 4.39 Å². The molecule has 0 saturated carbocycles. The minimum atomic E-state index is -0.695. The monoisotopic (exact) mass is 268 g/mol. The molecule has 0 aliphatic rings. The first-order valence-electron chi connectivity index (χ1n) is 5.79. The average molecular weight is 268 g/mol. The number of ether oxygens (including phenoxy) is 1. The summed E-state index contributed by atoms with van der Waals surface area (Å²) in [6, 6.07) is 3.67. The third kappa shape index (κ3) is 3.67. The summed E-state index contributed by atoms with van der Waals surface area (Å²) in [4.78, 5) is 24.3. The molecule has 1 aromatic carbocycles. The maximum absolute atomic E-state index is 13.8. The predicted octanol–water partition coefficient (Wildman–Crippen LogP) is 1.17. The fourth-order valence-corrected chi connectivity index (χ4v) is 1.61. The number of carbonyl (C=O) groups excluding carboxylic acids is 2. The van der Waals surface area contributed by atoms with Crippen molar-refractivity contribution in [3.63, 3.8) is 0 Å². The van der Waals surface area contributed by atoms with Gasteiger partial charge < -0.3 is 15.4 Å². The van der Waals surface area contributed by atoms with E-state index in [2.05, 4.69) is 0 Å². The van der Waals surface area contributed by atoms with Crippen molar-refractivity contribution in [1.29, 1.82) is 0 Å². The first kappa shape index (κ1) is 14.9. The molecule has 5 nitrogen and oxygen atoms in total. The summed E-state index contributed by atoms with van der Waals surface area (Å²) >= 11 is 0. The Labute approximate surface area is 111 Å². The number of hydrogen-bond acceptors (Lipinski definition) is 3. The van der Waals surface area contributed by atoms with Crippen molar-refractivity contribution in [2.24, 2.45) is 5.73 Å². The van der Waals surface area contributed by atoms with Crippen LogP contribution in [0.2, 0.25) is 0 Å². The van der Waals surface area contributed by atoms with Crippen LogP contribution in [0.25, 0.3) is 0 Å². The number of nitrogens with zero attached hydrogens (tertiary/aromatic N) is 1. The summed E-state index contributed by atoms with van der Waals surface area (Å²) in [5.74, 6) is -1.59. The Kier molecular flexibility index (Phi) is 4.86. The third-order valence-electron chi connectivity index (χ3n) is 2.62. The Balaban J connectivity index is 3.06. The Morgan fingerprint density at radius 2 is 2.05 bits per heavy atom. The molecule has 19 heavy (non-hydrogen) atoms. The molecular weight excluding hydrogens is 251 g/mol. The van der Waals surface area contributed by atoms with Gasteiger partial charge in [0.05, 0.1) is 19.2 Å². The van der Waals surface area contributed by atoms with Crippen LogP contribution in [0.15, 0.2) is 18.2 Å². The molecular formula is C13H17FN2O3. The van der Waals surface area contributed by atoms with Gasteiger partial charge in [0, 0.05) is 12.1 Å². The third-order valence-corrected chi connectivity index (χ3v) is 2.62. The average Bonchev–Trinajstić information content (AvgIpc) is 2.34. The molecule has 6 heteroatoms. The van der Waals surface area contributed by atoms with Crippen LogP contribution >= 0.6 is 0 Å². The Hall–Kier alpha value is -2.11. The van der Waals surface area contributed by atoms with Crippen molar-refractivity contribution in [2.45, 2.75) is 19.9 Å². The molecule has 0 aliphatic heterocycles. The van der Waals surface area contributed by atoms with Gasteiger partial charge in [-0.1, -0.05) is 0 Å². The lowest BCUT2D eigenvalue weighted by atomic mass is 10.1. The highest BCUT2D eigenvalue weighted by Gasteiger charge is 2.23. The summed E-state index contributed by atoms with van der Waals surface area (Å²) in [5.41, 5.74) is 4.97. The quantitative estimate of drug-likeness (QED) is 0.871. The molecule has 0 unspecified atom stereocenters. The zero-order chi connectivity index (χ0) is 14.6. The molecule has 2 amide bonds. The van der Waals surface area contributed by atoms with Crippen LogP contribution in [0.4, 0.5) is 4.39 Å². The van der Waals surface area contributed by atoms with E-state index in [-0.39, 0.29) is 18.2 Å². The number of nitrogens with two attached hydrogens (primary N) is 1. The molecule has 0 heterocycles. The van der Waals surface area contributed by atoms with Crippen LogP contribution in [-0.2, 0) is 4.79 Å². The van der Waals surface area contributed by atoms with Gasteiger partial charge in [0.25, 0.3) is 5.91 Å². The highest BCUT2D eigenvalue weighted by molar-refractivity contribution is 5.96. The molecule has 2 N–H and O–H groups in total. The van der Waals surface area contributed by atoms with E-state index in [1.165, 1.54) is 24.1 Å². The van der Waals surface area contributed by atoms with Crippen molar-refractivity contribution >= 4 is 11.8 Å². The van der Waals surface area contributed by atoms with Crippen molar-refractivity contribution in [2.75, 3.05) is 13.7 Å². The molecule has 0 spiro atoms. The molecule has 0 radical (unpaired) electrons.